The summed E-state index contributed by atoms with van der Waals surface area (Å²) in [5.74, 6) is -0.657. The summed E-state index contributed by atoms with van der Waals surface area (Å²) in [6.45, 7) is 1.91. The minimum atomic E-state index is -0.371. The largest absolute Gasteiger partial charge is 0.375 e. The Balaban J connectivity index is 1.90. The fourth-order valence-electron chi connectivity index (χ4n) is 2.09. The molecule has 3 rings (SSSR count). The van der Waals surface area contributed by atoms with Crippen molar-refractivity contribution in [2.24, 2.45) is 0 Å². The molecule has 1 amide bonds. The van der Waals surface area contributed by atoms with Crippen molar-refractivity contribution in [2.45, 2.75) is 6.92 Å². The molecule has 0 aliphatic carbocycles. The van der Waals surface area contributed by atoms with Gasteiger partial charge in [0, 0.05) is 11.3 Å². The van der Waals surface area contributed by atoms with Crippen molar-refractivity contribution in [3.05, 3.63) is 53.3 Å². The van der Waals surface area contributed by atoms with E-state index in [9.17, 15) is 9.18 Å². The molecule has 6 heteroatoms. The monoisotopic (exact) mass is 301 g/mol. The molecule has 21 heavy (non-hydrogen) atoms. The van der Waals surface area contributed by atoms with Gasteiger partial charge in [-0.25, -0.2) is 9.37 Å². The van der Waals surface area contributed by atoms with Crippen LogP contribution in [0.2, 0.25) is 0 Å². The third-order valence-corrected chi connectivity index (χ3v) is 3.90. The van der Waals surface area contributed by atoms with Gasteiger partial charge in [-0.1, -0.05) is 11.3 Å². The van der Waals surface area contributed by atoms with Gasteiger partial charge in [-0.2, -0.15) is 0 Å². The molecule has 1 heterocycles. The highest BCUT2D eigenvalue weighted by Crippen LogP contribution is 2.29. The number of nitrogens with zero attached hydrogens (tertiary/aromatic N) is 1. The molecule has 3 N–H and O–H groups in total. The highest BCUT2D eigenvalue weighted by Gasteiger charge is 2.10. The second-order valence-electron chi connectivity index (χ2n) is 4.65. The Morgan fingerprint density at radius 1 is 1.29 bits per heavy atom. The lowest BCUT2D eigenvalue weighted by Gasteiger charge is -2.06. The van der Waals surface area contributed by atoms with Crippen LogP contribution in [0, 0.1) is 12.7 Å². The van der Waals surface area contributed by atoms with E-state index >= 15 is 0 Å². The van der Waals surface area contributed by atoms with Crippen molar-refractivity contribution in [3.63, 3.8) is 0 Å². The van der Waals surface area contributed by atoms with Gasteiger partial charge in [0.15, 0.2) is 5.13 Å². The van der Waals surface area contributed by atoms with Gasteiger partial charge in [0.05, 0.1) is 10.2 Å². The molecule has 2 aromatic carbocycles. The van der Waals surface area contributed by atoms with Crippen LogP contribution in [-0.4, -0.2) is 10.9 Å². The minimum Gasteiger partial charge on any atom is -0.375 e. The van der Waals surface area contributed by atoms with Gasteiger partial charge in [-0.05, 0) is 48.9 Å². The number of thiazole rings is 1. The van der Waals surface area contributed by atoms with Crippen molar-refractivity contribution in [3.8, 4) is 0 Å². The van der Waals surface area contributed by atoms with Crippen LogP contribution in [0.1, 0.15) is 15.9 Å². The summed E-state index contributed by atoms with van der Waals surface area (Å²) in [6, 6.07) is 9.07. The number of nitrogens with two attached hydrogens (primary N) is 1. The molecule has 0 unspecified atom stereocenters. The van der Waals surface area contributed by atoms with Crippen LogP contribution in [0.15, 0.2) is 36.4 Å². The zero-order chi connectivity index (χ0) is 15.0. The molecule has 4 nitrogen and oxygen atoms in total. The molecule has 0 bridgehead atoms. The molecule has 0 atom stereocenters. The number of aromatic nitrogens is 1. The lowest BCUT2D eigenvalue weighted by Crippen LogP contribution is -2.11. The van der Waals surface area contributed by atoms with Crippen LogP contribution < -0.4 is 11.1 Å². The average Bonchev–Trinajstić information content (AvgIpc) is 2.80. The second-order valence-corrected chi connectivity index (χ2v) is 5.72. The molecule has 106 valence electrons. The Morgan fingerprint density at radius 2 is 2.00 bits per heavy atom. The number of benzene rings is 2. The summed E-state index contributed by atoms with van der Waals surface area (Å²) < 4.78 is 13.8. The lowest BCUT2D eigenvalue weighted by atomic mass is 10.1. The van der Waals surface area contributed by atoms with Gasteiger partial charge in [-0.15, -0.1) is 0 Å². The number of anilines is 2. The van der Waals surface area contributed by atoms with Crippen molar-refractivity contribution in [2.75, 3.05) is 11.1 Å². The van der Waals surface area contributed by atoms with Gasteiger partial charge < -0.3 is 11.1 Å². The number of hydrogen-bond donors (Lipinski definition) is 2. The molecule has 0 spiro atoms. The van der Waals surface area contributed by atoms with Crippen molar-refractivity contribution in [1.82, 2.24) is 4.98 Å². The highest BCUT2D eigenvalue weighted by molar-refractivity contribution is 7.22. The first-order valence-corrected chi connectivity index (χ1v) is 7.08. The maximum Gasteiger partial charge on any atom is 0.255 e. The van der Waals surface area contributed by atoms with E-state index in [0.717, 1.165) is 15.8 Å². The summed E-state index contributed by atoms with van der Waals surface area (Å²) in [4.78, 5) is 16.4. The van der Waals surface area contributed by atoms with Gasteiger partial charge >= 0.3 is 0 Å². The molecule has 0 aliphatic rings. The molecule has 1 aromatic heterocycles. The minimum absolute atomic E-state index is 0.286. The van der Waals surface area contributed by atoms with E-state index in [1.807, 2.05) is 19.1 Å². The van der Waals surface area contributed by atoms with E-state index in [-0.39, 0.29) is 11.7 Å². The number of carbonyl (C=O) groups is 1. The first kappa shape index (κ1) is 13.5. The first-order chi connectivity index (χ1) is 10.0. The Labute approximate surface area is 124 Å². The molecular formula is C15H12FN3OS. The van der Waals surface area contributed by atoms with E-state index in [4.69, 9.17) is 5.73 Å². The van der Waals surface area contributed by atoms with Crippen molar-refractivity contribution >= 4 is 38.3 Å². The van der Waals surface area contributed by atoms with Gasteiger partial charge in [-0.3, -0.25) is 4.79 Å². The Bertz CT molecular complexity index is 827. The fraction of sp³-hybridized carbons (Fsp3) is 0.0667. The van der Waals surface area contributed by atoms with Gasteiger partial charge in [0.25, 0.3) is 5.91 Å². The number of halogens is 1. The summed E-state index contributed by atoms with van der Waals surface area (Å²) in [6.07, 6.45) is 0. The average molecular weight is 301 g/mol. The zero-order valence-electron chi connectivity index (χ0n) is 11.2. The standard InChI is InChI=1S/C15H12FN3OS/c1-8-6-11(7-12-13(8)19-15(17)21-12)18-14(20)9-2-4-10(16)5-3-9/h2-7H,1H3,(H2,17,19)(H,18,20). The molecular weight excluding hydrogens is 289 g/mol. The normalized spacial score (nSPS) is 10.8. The number of rotatable bonds is 2. The van der Waals surface area contributed by atoms with Crippen LogP contribution in [0.4, 0.5) is 15.2 Å². The summed E-state index contributed by atoms with van der Waals surface area (Å²) >= 11 is 1.37. The predicted octanol–water partition coefficient (Wildman–Crippen LogP) is 3.58. The fourth-order valence-corrected chi connectivity index (χ4v) is 2.94. The molecule has 0 radical (unpaired) electrons. The first-order valence-electron chi connectivity index (χ1n) is 6.26. The maximum absolute atomic E-state index is 12.9. The smallest absolute Gasteiger partial charge is 0.255 e. The molecule has 0 fully saturated rings. The number of amides is 1. The second kappa shape index (κ2) is 5.14. The van der Waals surface area contributed by atoms with E-state index in [0.29, 0.717) is 16.4 Å². The van der Waals surface area contributed by atoms with E-state index in [2.05, 4.69) is 10.3 Å². The summed E-state index contributed by atoms with van der Waals surface area (Å²) in [5.41, 5.74) is 8.55. The van der Waals surface area contributed by atoms with Crippen LogP contribution in [-0.2, 0) is 0 Å². The molecule has 3 aromatic rings. The Kier molecular flexibility index (Phi) is 3.31. The number of aryl methyl sites for hydroxylation is 1. The topological polar surface area (TPSA) is 68.0 Å². The van der Waals surface area contributed by atoms with Crippen molar-refractivity contribution in [1.29, 1.82) is 0 Å². The van der Waals surface area contributed by atoms with E-state index < -0.39 is 0 Å². The van der Waals surface area contributed by atoms with E-state index in [1.54, 1.807) is 0 Å². The van der Waals surface area contributed by atoms with Gasteiger partial charge in [0.2, 0.25) is 0 Å². The Hall–Kier alpha value is -2.47. The van der Waals surface area contributed by atoms with Crippen LogP contribution >= 0.6 is 11.3 Å². The van der Waals surface area contributed by atoms with E-state index in [1.165, 1.54) is 35.6 Å². The number of nitrogens with one attached hydrogen (secondary N) is 1. The van der Waals surface area contributed by atoms with Crippen LogP contribution in [0.25, 0.3) is 10.2 Å². The Morgan fingerprint density at radius 3 is 2.71 bits per heavy atom. The maximum atomic E-state index is 12.9. The van der Waals surface area contributed by atoms with Crippen LogP contribution in [0.3, 0.4) is 0 Å². The number of nitrogen functional groups attached to an aromatic ring is 1. The van der Waals surface area contributed by atoms with Crippen molar-refractivity contribution < 1.29 is 9.18 Å². The summed E-state index contributed by atoms with van der Waals surface area (Å²) in [5, 5.41) is 3.29. The quantitative estimate of drug-likeness (QED) is 0.760. The number of carbonyl (C=O) groups excluding carboxylic acids is 1. The molecule has 0 aliphatic heterocycles. The SMILES string of the molecule is Cc1cc(NC(=O)c2ccc(F)cc2)cc2sc(N)nc12. The highest BCUT2D eigenvalue weighted by atomic mass is 32.1. The zero-order valence-corrected chi connectivity index (χ0v) is 12.0. The molecule has 0 saturated heterocycles. The lowest BCUT2D eigenvalue weighted by molar-refractivity contribution is 0.102. The predicted molar refractivity (Wildman–Crippen MR) is 83.1 cm³/mol. The number of hydrogen-bond acceptors (Lipinski definition) is 4. The number of fused-ring (bicyclic) bond motifs is 1. The third kappa shape index (κ3) is 2.71. The summed E-state index contributed by atoms with van der Waals surface area (Å²) in [7, 11) is 0. The molecule has 0 saturated carbocycles. The van der Waals surface area contributed by atoms with Gasteiger partial charge in [0.1, 0.15) is 5.82 Å². The third-order valence-electron chi connectivity index (χ3n) is 3.07. The van der Waals surface area contributed by atoms with Crippen LogP contribution in [0.5, 0.6) is 0 Å².